The normalized spacial score (nSPS) is 19.1. The lowest BCUT2D eigenvalue weighted by atomic mass is 10.0. The van der Waals surface area contributed by atoms with Crippen LogP contribution >= 0.6 is 0 Å². The molecule has 22 heavy (non-hydrogen) atoms. The van der Waals surface area contributed by atoms with Crippen LogP contribution in [0.25, 0.3) is 0 Å². The number of likely N-dealkylation sites (N-methyl/N-ethyl adjacent to an activating group) is 1. The summed E-state index contributed by atoms with van der Waals surface area (Å²) in [6.07, 6.45) is 2.51. The van der Waals surface area contributed by atoms with E-state index in [1.807, 2.05) is 18.2 Å². The first-order chi connectivity index (χ1) is 10.6. The van der Waals surface area contributed by atoms with E-state index >= 15 is 0 Å². The van der Waals surface area contributed by atoms with Crippen molar-refractivity contribution in [1.82, 2.24) is 19.8 Å². The molecule has 0 bridgehead atoms. The van der Waals surface area contributed by atoms with Gasteiger partial charge in [0.1, 0.15) is 5.69 Å². The number of hydrogen-bond acceptors (Lipinski definition) is 4. The minimum Gasteiger partial charge on any atom is -0.334 e. The summed E-state index contributed by atoms with van der Waals surface area (Å²) in [5.41, 5.74) is 1.16. The third kappa shape index (κ3) is 2.92. The lowest BCUT2D eigenvalue weighted by Gasteiger charge is -2.39. The Morgan fingerprint density at radius 1 is 1.27 bits per heavy atom. The van der Waals surface area contributed by atoms with E-state index in [-0.39, 0.29) is 23.2 Å². The molecular weight excluding hydrogens is 280 g/mol. The van der Waals surface area contributed by atoms with E-state index in [9.17, 15) is 9.59 Å². The summed E-state index contributed by atoms with van der Waals surface area (Å²) in [6, 6.07) is 10.3. The summed E-state index contributed by atoms with van der Waals surface area (Å²) in [6.45, 7) is 2.06. The maximum atomic E-state index is 12.5. The third-order valence-corrected chi connectivity index (χ3v) is 4.01. The molecule has 1 N–H and O–H groups in total. The van der Waals surface area contributed by atoms with Crippen LogP contribution < -0.4 is 5.56 Å². The van der Waals surface area contributed by atoms with Crippen LogP contribution in [0.5, 0.6) is 0 Å². The molecule has 1 aromatic carbocycles. The number of rotatable bonds is 2. The molecule has 3 rings (SSSR count). The van der Waals surface area contributed by atoms with Crippen LogP contribution in [-0.2, 0) is 0 Å². The van der Waals surface area contributed by atoms with Gasteiger partial charge in [0, 0.05) is 25.8 Å². The number of H-pyrrole nitrogens is 1. The van der Waals surface area contributed by atoms with E-state index in [1.165, 1.54) is 11.8 Å². The monoisotopic (exact) mass is 298 g/mol. The predicted molar refractivity (Wildman–Crippen MR) is 82.6 cm³/mol. The number of piperazine rings is 1. The second-order valence-corrected chi connectivity index (χ2v) is 5.45. The third-order valence-electron chi connectivity index (χ3n) is 4.01. The first-order valence-corrected chi connectivity index (χ1v) is 7.24. The van der Waals surface area contributed by atoms with Crippen LogP contribution in [0, 0.1) is 0 Å². The van der Waals surface area contributed by atoms with Gasteiger partial charge in [-0.2, -0.15) is 0 Å². The smallest absolute Gasteiger partial charge is 0.274 e. The van der Waals surface area contributed by atoms with Gasteiger partial charge in [-0.15, -0.1) is 0 Å². The summed E-state index contributed by atoms with van der Waals surface area (Å²) in [7, 11) is 2.07. The highest BCUT2D eigenvalue weighted by Crippen LogP contribution is 2.24. The van der Waals surface area contributed by atoms with Gasteiger partial charge in [0.05, 0.1) is 12.2 Å². The first-order valence-electron chi connectivity index (χ1n) is 7.24. The van der Waals surface area contributed by atoms with Crippen molar-refractivity contribution in [2.24, 2.45) is 0 Å². The van der Waals surface area contributed by atoms with E-state index in [4.69, 9.17) is 0 Å². The van der Waals surface area contributed by atoms with E-state index in [2.05, 4.69) is 34.0 Å². The van der Waals surface area contributed by atoms with E-state index in [1.54, 1.807) is 4.90 Å². The summed E-state index contributed by atoms with van der Waals surface area (Å²) < 4.78 is 0. The summed E-state index contributed by atoms with van der Waals surface area (Å²) in [5.74, 6) is -0.148. The second kappa shape index (κ2) is 6.11. The number of carbonyl (C=O) groups excluding carboxylic acids is 1. The van der Waals surface area contributed by atoms with E-state index < -0.39 is 0 Å². The SMILES string of the molecule is CN1CCN(C(=O)c2c[nH]c(=O)cn2)C[C@H]1c1ccccc1. The van der Waals surface area contributed by atoms with Gasteiger partial charge >= 0.3 is 0 Å². The Kier molecular flexibility index (Phi) is 4.02. The topological polar surface area (TPSA) is 69.3 Å². The zero-order valence-corrected chi connectivity index (χ0v) is 12.4. The molecule has 0 unspecified atom stereocenters. The fraction of sp³-hybridized carbons (Fsp3) is 0.312. The largest absolute Gasteiger partial charge is 0.334 e. The molecule has 0 radical (unpaired) electrons. The van der Waals surface area contributed by atoms with Crippen LogP contribution in [0.4, 0.5) is 0 Å². The minimum atomic E-state index is -0.308. The number of amides is 1. The Hall–Kier alpha value is -2.47. The summed E-state index contributed by atoms with van der Waals surface area (Å²) >= 11 is 0. The molecule has 1 fully saturated rings. The lowest BCUT2D eigenvalue weighted by molar-refractivity contribution is 0.0540. The predicted octanol–water partition coefficient (Wildman–Crippen LogP) is 0.899. The number of aromatic nitrogens is 2. The van der Waals surface area contributed by atoms with E-state index in [0.29, 0.717) is 13.1 Å². The molecule has 2 aromatic rings. The van der Waals surface area contributed by atoms with Crippen LogP contribution in [0.2, 0.25) is 0 Å². The molecule has 1 saturated heterocycles. The summed E-state index contributed by atoms with van der Waals surface area (Å²) in [5, 5.41) is 0. The second-order valence-electron chi connectivity index (χ2n) is 5.45. The molecule has 1 amide bonds. The Morgan fingerprint density at radius 2 is 2.05 bits per heavy atom. The van der Waals surface area contributed by atoms with Gasteiger partial charge in [-0.1, -0.05) is 30.3 Å². The standard InChI is InChI=1S/C16H18N4O2/c1-19-7-8-20(11-14(19)12-5-3-2-4-6-12)16(22)13-9-18-15(21)10-17-13/h2-6,9-10,14H,7-8,11H2,1H3,(H,18,21)/t14-/m0/s1. The number of aromatic amines is 1. The van der Waals surface area contributed by atoms with Crippen LogP contribution in [0.1, 0.15) is 22.1 Å². The van der Waals surface area contributed by atoms with Gasteiger partial charge in [-0.3, -0.25) is 14.5 Å². The highest BCUT2D eigenvalue weighted by Gasteiger charge is 2.29. The Morgan fingerprint density at radius 3 is 2.73 bits per heavy atom. The molecule has 6 nitrogen and oxygen atoms in total. The highest BCUT2D eigenvalue weighted by molar-refractivity contribution is 5.92. The molecular formula is C16H18N4O2. The molecule has 1 aromatic heterocycles. The van der Waals surface area contributed by atoms with Crippen molar-refractivity contribution in [1.29, 1.82) is 0 Å². The highest BCUT2D eigenvalue weighted by atomic mass is 16.2. The van der Waals surface area contributed by atoms with Gasteiger partial charge in [0.15, 0.2) is 0 Å². The molecule has 114 valence electrons. The number of nitrogens with zero attached hydrogens (tertiary/aromatic N) is 3. The average molecular weight is 298 g/mol. The molecule has 0 aliphatic carbocycles. The molecule has 0 spiro atoms. The quantitative estimate of drug-likeness (QED) is 0.894. The van der Waals surface area contributed by atoms with Crippen molar-refractivity contribution in [3.05, 3.63) is 64.3 Å². The van der Waals surface area contributed by atoms with Crippen molar-refractivity contribution in [3.8, 4) is 0 Å². The Bertz CT molecular complexity index is 693. The van der Waals surface area contributed by atoms with Crippen LogP contribution in [0.3, 0.4) is 0 Å². The van der Waals surface area contributed by atoms with Gasteiger partial charge in [-0.25, -0.2) is 4.98 Å². The maximum absolute atomic E-state index is 12.5. The van der Waals surface area contributed by atoms with Crippen LogP contribution in [0.15, 0.2) is 47.5 Å². The van der Waals surface area contributed by atoms with Crippen LogP contribution in [-0.4, -0.2) is 52.4 Å². The first kappa shape index (κ1) is 14.5. The van der Waals surface area contributed by atoms with Gasteiger partial charge in [-0.05, 0) is 12.6 Å². The molecule has 1 aliphatic heterocycles. The van der Waals surface area contributed by atoms with E-state index in [0.717, 1.165) is 12.7 Å². The fourth-order valence-electron chi connectivity index (χ4n) is 2.71. The number of benzene rings is 1. The Balaban J connectivity index is 1.79. The van der Waals surface area contributed by atoms with Crippen molar-refractivity contribution in [2.75, 3.05) is 26.7 Å². The van der Waals surface area contributed by atoms with Gasteiger partial charge < -0.3 is 9.88 Å². The molecule has 2 heterocycles. The minimum absolute atomic E-state index is 0.148. The number of nitrogens with one attached hydrogen (secondary N) is 1. The summed E-state index contributed by atoms with van der Waals surface area (Å²) in [4.78, 5) is 34.0. The van der Waals surface area contributed by atoms with Crippen molar-refractivity contribution >= 4 is 5.91 Å². The van der Waals surface area contributed by atoms with Crippen molar-refractivity contribution in [3.63, 3.8) is 0 Å². The number of carbonyl (C=O) groups is 1. The van der Waals surface area contributed by atoms with Gasteiger partial charge in [0.25, 0.3) is 11.5 Å². The molecule has 6 heteroatoms. The fourth-order valence-corrected chi connectivity index (χ4v) is 2.71. The van der Waals surface area contributed by atoms with Crippen molar-refractivity contribution in [2.45, 2.75) is 6.04 Å². The lowest BCUT2D eigenvalue weighted by Crippen LogP contribution is -2.49. The molecule has 0 saturated carbocycles. The Labute approximate surface area is 128 Å². The average Bonchev–Trinajstić information content (AvgIpc) is 2.56. The maximum Gasteiger partial charge on any atom is 0.274 e. The molecule has 1 atom stereocenters. The molecule has 1 aliphatic rings. The number of hydrogen-bond donors (Lipinski definition) is 1. The zero-order valence-electron chi connectivity index (χ0n) is 12.4. The van der Waals surface area contributed by atoms with Crippen molar-refractivity contribution < 1.29 is 4.79 Å². The van der Waals surface area contributed by atoms with Gasteiger partial charge in [0.2, 0.25) is 0 Å². The zero-order chi connectivity index (χ0) is 15.5.